The van der Waals surface area contributed by atoms with Gasteiger partial charge in [0.1, 0.15) is 0 Å². The molecule has 16 heavy (non-hydrogen) atoms. The van der Waals surface area contributed by atoms with Crippen LogP contribution in [0.1, 0.15) is 32.1 Å². The van der Waals surface area contributed by atoms with Gasteiger partial charge in [-0.05, 0) is 32.2 Å². The predicted molar refractivity (Wildman–Crippen MR) is 60.6 cm³/mol. The quantitative estimate of drug-likeness (QED) is 0.547. The lowest BCUT2D eigenvalue weighted by Gasteiger charge is -2.25. The van der Waals surface area contributed by atoms with E-state index in [4.69, 9.17) is 0 Å². The number of hydrogen-bond donors (Lipinski definition) is 3. The molecule has 2 rings (SSSR count). The molecule has 0 saturated carbocycles. The van der Waals surface area contributed by atoms with Gasteiger partial charge in [0.15, 0.2) is 0 Å². The summed E-state index contributed by atoms with van der Waals surface area (Å²) in [7, 11) is -1.40. The summed E-state index contributed by atoms with van der Waals surface area (Å²) < 4.78 is 0. The third-order valence-corrected chi connectivity index (χ3v) is 3.55. The summed E-state index contributed by atoms with van der Waals surface area (Å²) in [4.78, 5) is 13.6. The van der Waals surface area contributed by atoms with Crippen LogP contribution in [0.4, 0.5) is 0 Å². The first-order chi connectivity index (χ1) is 7.68. The minimum Gasteiger partial charge on any atom is -0.426 e. The van der Waals surface area contributed by atoms with Crippen molar-refractivity contribution in [3.63, 3.8) is 0 Å². The second kappa shape index (κ2) is 5.16. The van der Waals surface area contributed by atoms with Crippen molar-refractivity contribution in [3.05, 3.63) is 0 Å². The number of likely N-dealkylation sites (tertiary alicyclic amines) is 1. The van der Waals surface area contributed by atoms with Gasteiger partial charge in [-0.2, -0.15) is 0 Å². The smallest absolute Gasteiger partial charge is 0.426 e. The Hall–Kier alpha value is -0.585. The van der Waals surface area contributed by atoms with E-state index in [9.17, 15) is 14.8 Å². The largest absolute Gasteiger partial charge is 0.475 e. The van der Waals surface area contributed by atoms with E-state index in [1.54, 1.807) is 4.90 Å². The van der Waals surface area contributed by atoms with Crippen LogP contribution in [0.15, 0.2) is 0 Å². The highest BCUT2D eigenvalue weighted by Gasteiger charge is 2.37. The van der Waals surface area contributed by atoms with Crippen LogP contribution in [-0.2, 0) is 4.79 Å². The zero-order valence-electron chi connectivity index (χ0n) is 9.43. The van der Waals surface area contributed by atoms with Crippen LogP contribution in [0, 0.1) is 0 Å². The summed E-state index contributed by atoms with van der Waals surface area (Å²) in [6, 6.07) is 0.282. The first-order valence-electron chi connectivity index (χ1n) is 6.07. The molecule has 0 bridgehead atoms. The lowest BCUT2D eigenvalue weighted by atomic mass is 9.78. The standard InChI is InChI=1S/C10H19BN2O3/c14-10(7-8-3-1-5-12-8)13-6-2-4-9(13)11(15)16/h8-9,12,15-16H,1-7H2/t8-,9?/m0/s1. The molecule has 5 nitrogen and oxygen atoms in total. The van der Waals surface area contributed by atoms with Crippen LogP contribution < -0.4 is 5.32 Å². The summed E-state index contributed by atoms with van der Waals surface area (Å²) in [6.07, 6.45) is 4.23. The van der Waals surface area contributed by atoms with Gasteiger partial charge in [-0.15, -0.1) is 0 Å². The highest BCUT2D eigenvalue weighted by atomic mass is 16.4. The maximum Gasteiger partial charge on any atom is 0.475 e. The average Bonchev–Trinajstić information content (AvgIpc) is 2.86. The number of carbonyl (C=O) groups excluding carboxylic acids is 1. The Morgan fingerprint density at radius 2 is 2.19 bits per heavy atom. The van der Waals surface area contributed by atoms with Gasteiger partial charge >= 0.3 is 7.12 Å². The molecule has 2 atom stereocenters. The lowest BCUT2D eigenvalue weighted by Crippen LogP contribution is -2.46. The van der Waals surface area contributed by atoms with Crippen LogP contribution >= 0.6 is 0 Å². The van der Waals surface area contributed by atoms with E-state index >= 15 is 0 Å². The van der Waals surface area contributed by atoms with E-state index in [-0.39, 0.29) is 11.9 Å². The summed E-state index contributed by atoms with van der Waals surface area (Å²) >= 11 is 0. The van der Waals surface area contributed by atoms with Crippen molar-refractivity contribution in [1.29, 1.82) is 0 Å². The molecule has 2 aliphatic heterocycles. The molecular formula is C10H19BN2O3. The van der Waals surface area contributed by atoms with E-state index < -0.39 is 13.1 Å². The third kappa shape index (κ3) is 2.56. The van der Waals surface area contributed by atoms with E-state index in [2.05, 4.69) is 5.32 Å². The zero-order chi connectivity index (χ0) is 11.5. The second-order valence-electron chi connectivity index (χ2n) is 4.71. The fourth-order valence-electron chi connectivity index (χ4n) is 2.67. The Balaban J connectivity index is 1.87. The molecule has 2 fully saturated rings. The minimum atomic E-state index is -1.40. The number of nitrogens with one attached hydrogen (secondary N) is 1. The average molecular weight is 226 g/mol. The van der Waals surface area contributed by atoms with Crippen LogP contribution in [-0.4, -0.2) is 53.0 Å². The molecule has 3 N–H and O–H groups in total. The van der Waals surface area contributed by atoms with Crippen molar-refractivity contribution in [2.24, 2.45) is 0 Å². The first kappa shape index (κ1) is 11.9. The maximum absolute atomic E-state index is 12.0. The normalized spacial score (nSPS) is 29.8. The van der Waals surface area contributed by atoms with Crippen LogP contribution in [0.5, 0.6) is 0 Å². The van der Waals surface area contributed by atoms with Crippen molar-refractivity contribution < 1.29 is 14.8 Å². The predicted octanol–water partition coefficient (Wildman–Crippen LogP) is -0.868. The van der Waals surface area contributed by atoms with Gasteiger partial charge in [-0.3, -0.25) is 4.79 Å². The molecule has 0 aromatic rings. The number of hydrogen-bond acceptors (Lipinski definition) is 4. The van der Waals surface area contributed by atoms with E-state index in [1.165, 1.54) is 0 Å². The minimum absolute atomic E-state index is 0.0509. The van der Waals surface area contributed by atoms with Crippen molar-refractivity contribution in [2.75, 3.05) is 13.1 Å². The zero-order valence-corrected chi connectivity index (χ0v) is 9.43. The summed E-state index contributed by atoms with van der Waals surface area (Å²) in [5.41, 5.74) is 0. The number of nitrogens with zero attached hydrogens (tertiary/aromatic N) is 1. The molecule has 0 aromatic heterocycles. The molecule has 0 spiro atoms. The monoisotopic (exact) mass is 226 g/mol. The van der Waals surface area contributed by atoms with Gasteiger partial charge in [-0.1, -0.05) is 0 Å². The molecular weight excluding hydrogens is 207 g/mol. The summed E-state index contributed by atoms with van der Waals surface area (Å²) in [5.74, 6) is -0.344. The van der Waals surface area contributed by atoms with Crippen LogP contribution in [0.25, 0.3) is 0 Å². The van der Waals surface area contributed by atoms with E-state index in [0.29, 0.717) is 19.4 Å². The van der Waals surface area contributed by atoms with Crippen molar-refractivity contribution in [1.82, 2.24) is 10.2 Å². The van der Waals surface area contributed by atoms with Gasteiger partial charge in [0.2, 0.25) is 5.91 Å². The SMILES string of the molecule is O=C(C[C@@H]1CCCN1)N1CCCC1B(O)O. The van der Waals surface area contributed by atoms with Crippen LogP contribution in [0.2, 0.25) is 0 Å². The molecule has 2 heterocycles. The Morgan fingerprint density at radius 3 is 2.81 bits per heavy atom. The molecule has 0 aromatic carbocycles. The number of rotatable bonds is 3. The highest BCUT2D eigenvalue weighted by molar-refractivity contribution is 6.43. The maximum atomic E-state index is 12.0. The molecule has 1 unspecified atom stereocenters. The Kier molecular flexibility index (Phi) is 3.84. The summed E-state index contributed by atoms with van der Waals surface area (Å²) in [6.45, 7) is 1.65. The molecule has 2 aliphatic rings. The van der Waals surface area contributed by atoms with Gasteiger partial charge in [0.25, 0.3) is 0 Å². The lowest BCUT2D eigenvalue weighted by molar-refractivity contribution is -0.131. The Morgan fingerprint density at radius 1 is 1.38 bits per heavy atom. The van der Waals surface area contributed by atoms with E-state index in [0.717, 1.165) is 25.8 Å². The van der Waals surface area contributed by atoms with E-state index in [1.807, 2.05) is 0 Å². The van der Waals surface area contributed by atoms with Gasteiger partial charge < -0.3 is 20.3 Å². The molecule has 6 heteroatoms. The van der Waals surface area contributed by atoms with Gasteiger partial charge in [-0.25, -0.2) is 0 Å². The Labute approximate surface area is 96.0 Å². The molecule has 0 radical (unpaired) electrons. The summed E-state index contributed by atoms with van der Waals surface area (Å²) in [5, 5.41) is 21.6. The van der Waals surface area contributed by atoms with Crippen molar-refractivity contribution >= 4 is 13.0 Å². The fourth-order valence-corrected chi connectivity index (χ4v) is 2.67. The van der Waals surface area contributed by atoms with Crippen molar-refractivity contribution in [2.45, 2.75) is 44.1 Å². The number of amides is 1. The van der Waals surface area contributed by atoms with Gasteiger partial charge in [0.05, 0.1) is 5.94 Å². The fraction of sp³-hybridized carbons (Fsp3) is 0.900. The number of carbonyl (C=O) groups is 1. The Bertz CT molecular complexity index is 256. The van der Waals surface area contributed by atoms with Crippen molar-refractivity contribution in [3.8, 4) is 0 Å². The van der Waals surface area contributed by atoms with Crippen LogP contribution in [0.3, 0.4) is 0 Å². The molecule has 1 amide bonds. The van der Waals surface area contributed by atoms with Gasteiger partial charge in [0, 0.05) is 19.0 Å². The molecule has 90 valence electrons. The molecule has 0 aliphatic carbocycles. The topological polar surface area (TPSA) is 72.8 Å². The first-order valence-corrected chi connectivity index (χ1v) is 6.07. The highest BCUT2D eigenvalue weighted by Crippen LogP contribution is 2.20. The third-order valence-electron chi connectivity index (χ3n) is 3.55. The second-order valence-corrected chi connectivity index (χ2v) is 4.71. The molecule has 2 saturated heterocycles.